The molecular weight excluding hydrogens is 174 g/mol. The minimum atomic E-state index is 0.737. The van der Waals surface area contributed by atoms with Crippen molar-refractivity contribution in [2.24, 2.45) is 4.99 Å². The quantitative estimate of drug-likeness (QED) is 0.665. The molecule has 2 heteroatoms. The molecule has 0 aromatic carbocycles. The zero-order valence-electron chi connectivity index (χ0n) is 8.23. The summed E-state index contributed by atoms with van der Waals surface area (Å²) in [5.74, 6) is 0.737. The van der Waals surface area contributed by atoms with Crippen LogP contribution < -0.4 is 0 Å². The van der Waals surface area contributed by atoms with Crippen LogP contribution in [0.5, 0.6) is 0 Å². The Kier molecular flexibility index (Phi) is 3.68. The second kappa shape index (κ2) is 5.02. The lowest BCUT2D eigenvalue weighted by atomic mass is 10.0. The van der Waals surface area contributed by atoms with Crippen molar-refractivity contribution in [3.05, 3.63) is 61.1 Å². The van der Waals surface area contributed by atoms with Gasteiger partial charge in [0.2, 0.25) is 0 Å². The van der Waals surface area contributed by atoms with Crippen molar-refractivity contribution in [1.29, 1.82) is 0 Å². The first-order valence-electron chi connectivity index (χ1n) is 4.28. The van der Waals surface area contributed by atoms with Crippen LogP contribution in [0.1, 0.15) is 0 Å². The largest absolute Gasteiger partial charge is 0.494 e. The van der Waals surface area contributed by atoms with Crippen LogP contribution in [0.4, 0.5) is 0 Å². The Balaban J connectivity index is 3.14. The maximum atomic E-state index is 5.19. The highest BCUT2D eigenvalue weighted by atomic mass is 16.5. The topological polar surface area (TPSA) is 21.6 Å². The third-order valence-corrected chi connectivity index (χ3v) is 1.77. The molecule has 0 saturated carbocycles. The number of ether oxygens (including phenoxy) is 1. The molecule has 0 aliphatic heterocycles. The molecule has 0 fully saturated rings. The van der Waals surface area contributed by atoms with E-state index in [2.05, 4.69) is 18.2 Å². The minimum Gasteiger partial charge on any atom is -0.494 e. The first kappa shape index (κ1) is 10.3. The molecule has 0 aromatic rings. The van der Waals surface area contributed by atoms with Gasteiger partial charge in [-0.15, -0.1) is 0 Å². The predicted molar refractivity (Wildman–Crippen MR) is 60.1 cm³/mol. The van der Waals surface area contributed by atoms with E-state index in [0.29, 0.717) is 0 Å². The fourth-order valence-corrected chi connectivity index (χ4v) is 1.19. The van der Waals surface area contributed by atoms with Gasteiger partial charge in [-0.05, 0) is 6.08 Å². The van der Waals surface area contributed by atoms with Crippen molar-refractivity contribution in [3.63, 3.8) is 0 Å². The van der Waals surface area contributed by atoms with Gasteiger partial charge in [0.05, 0.1) is 7.11 Å². The van der Waals surface area contributed by atoms with Crippen molar-refractivity contribution >= 4 is 5.71 Å². The van der Waals surface area contributed by atoms with Crippen molar-refractivity contribution in [2.45, 2.75) is 0 Å². The van der Waals surface area contributed by atoms with Gasteiger partial charge < -0.3 is 4.74 Å². The lowest BCUT2D eigenvalue weighted by molar-refractivity contribution is 0.315. The highest BCUT2D eigenvalue weighted by molar-refractivity contribution is 6.14. The first-order chi connectivity index (χ1) is 6.83. The standard InChI is InChI=1S/C12H13NO/c1-4-7-10-8-6-9-11(14-3)12(10)13-5-2/h4-9H,1-2H2,3H3/b10-7-,13-12?. The Morgan fingerprint density at radius 1 is 1.43 bits per heavy atom. The van der Waals surface area contributed by atoms with Crippen LogP contribution in [0.25, 0.3) is 0 Å². The fraction of sp³-hybridized carbons (Fsp3) is 0.0833. The zero-order valence-corrected chi connectivity index (χ0v) is 8.23. The van der Waals surface area contributed by atoms with Gasteiger partial charge in [0.25, 0.3) is 0 Å². The molecule has 0 atom stereocenters. The second-order valence-electron chi connectivity index (χ2n) is 2.61. The number of methoxy groups -OCH3 is 1. The highest BCUT2D eigenvalue weighted by Gasteiger charge is 2.12. The van der Waals surface area contributed by atoms with Gasteiger partial charge in [0.15, 0.2) is 0 Å². The summed E-state index contributed by atoms with van der Waals surface area (Å²) in [5, 5.41) is 0. The number of aliphatic imine (C=N–C) groups is 1. The van der Waals surface area contributed by atoms with Crippen LogP contribution in [-0.2, 0) is 4.74 Å². The third-order valence-electron chi connectivity index (χ3n) is 1.77. The molecular formula is C12H13NO. The highest BCUT2D eigenvalue weighted by Crippen LogP contribution is 2.16. The van der Waals surface area contributed by atoms with Gasteiger partial charge in [0, 0.05) is 11.8 Å². The van der Waals surface area contributed by atoms with Gasteiger partial charge in [-0.3, -0.25) is 4.99 Å². The van der Waals surface area contributed by atoms with E-state index in [0.717, 1.165) is 17.0 Å². The SMILES string of the molecule is C=C/C=C1/C=CC=C(OC)C1=NC=C. The number of hydrogen-bond donors (Lipinski definition) is 0. The number of rotatable bonds is 3. The van der Waals surface area contributed by atoms with E-state index >= 15 is 0 Å². The van der Waals surface area contributed by atoms with Crippen LogP contribution >= 0.6 is 0 Å². The van der Waals surface area contributed by atoms with Gasteiger partial charge in [-0.2, -0.15) is 0 Å². The van der Waals surface area contributed by atoms with Crippen LogP contribution in [0.15, 0.2) is 66.1 Å². The Labute approximate surface area is 84.3 Å². The van der Waals surface area contributed by atoms with Crippen LogP contribution in [0, 0.1) is 0 Å². The molecule has 72 valence electrons. The Hall–Kier alpha value is -1.83. The summed E-state index contributed by atoms with van der Waals surface area (Å²) in [5.41, 5.74) is 1.75. The molecule has 1 rings (SSSR count). The van der Waals surface area contributed by atoms with E-state index in [4.69, 9.17) is 4.74 Å². The van der Waals surface area contributed by atoms with Crippen molar-refractivity contribution in [3.8, 4) is 0 Å². The average Bonchev–Trinajstić information content (AvgIpc) is 2.21. The Morgan fingerprint density at radius 2 is 2.21 bits per heavy atom. The summed E-state index contributed by atoms with van der Waals surface area (Å²) < 4.78 is 5.19. The van der Waals surface area contributed by atoms with Gasteiger partial charge in [0.1, 0.15) is 11.5 Å². The van der Waals surface area contributed by atoms with Crippen molar-refractivity contribution in [1.82, 2.24) is 0 Å². The minimum absolute atomic E-state index is 0.737. The number of allylic oxidation sites excluding steroid dienone is 6. The molecule has 2 nitrogen and oxygen atoms in total. The van der Waals surface area contributed by atoms with Gasteiger partial charge in [-0.25, -0.2) is 0 Å². The zero-order chi connectivity index (χ0) is 10.4. The summed E-state index contributed by atoms with van der Waals surface area (Å²) in [7, 11) is 1.62. The Morgan fingerprint density at radius 3 is 2.79 bits per heavy atom. The lowest BCUT2D eigenvalue weighted by Crippen LogP contribution is -2.09. The monoisotopic (exact) mass is 187 g/mol. The normalized spacial score (nSPS) is 20.8. The van der Waals surface area contributed by atoms with Crippen LogP contribution in [0.2, 0.25) is 0 Å². The second-order valence-corrected chi connectivity index (χ2v) is 2.61. The predicted octanol–water partition coefficient (Wildman–Crippen LogP) is 2.78. The molecule has 0 heterocycles. The molecule has 0 radical (unpaired) electrons. The van der Waals surface area contributed by atoms with Crippen molar-refractivity contribution in [2.75, 3.05) is 7.11 Å². The maximum Gasteiger partial charge on any atom is 0.145 e. The van der Waals surface area contributed by atoms with E-state index in [1.807, 2.05) is 24.3 Å². The summed E-state index contributed by atoms with van der Waals surface area (Å²) in [6, 6.07) is 0. The molecule has 0 spiro atoms. The van der Waals surface area contributed by atoms with Crippen LogP contribution in [-0.4, -0.2) is 12.8 Å². The maximum absolute atomic E-state index is 5.19. The molecule has 0 unspecified atom stereocenters. The van der Waals surface area contributed by atoms with Crippen molar-refractivity contribution < 1.29 is 4.74 Å². The van der Waals surface area contributed by atoms with E-state index in [9.17, 15) is 0 Å². The Bertz CT molecular complexity index is 357. The molecule has 0 amide bonds. The van der Waals surface area contributed by atoms with Gasteiger partial charge >= 0.3 is 0 Å². The van der Waals surface area contributed by atoms with E-state index < -0.39 is 0 Å². The summed E-state index contributed by atoms with van der Waals surface area (Å²) in [6.07, 6.45) is 10.8. The van der Waals surface area contributed by atoms with E-state index in [-0.39, 0.29) is 0 Å². The summed E-state index contributed by atoms with van der Waals surface area (Å²) >= 11 is 0. The average molecular weight is 187 g/mol. The molecule has 1 aliphatic carbocycles. The van der Waals surface area contributed by atoms with E-state index in [1.54, 1.807) is 13.2 Å². The summed E-state index contributed by atoms with van der Waals surface area (Å²) in [4.78, 5) is 4.16. The number of hydrogen-bond acceptors (Lipinski definition) is 2. The molecule has 0 bridgehead atoms. The van der Waals surface area contributed by atoms with E-state index in [1.165, 1.54) is 6.20 Å². The van der Waals surface area contributed by atoms with Gasteiger partial charge in [-0.1, -0.05) is 37.5 Å². The first-order valence-corrected chi connectivity index (χ1v) is 4.28. The molecule has 0 saturated heterocycles. The summed E-state index contributed by atoms with van der Waals surface area (Å²) in [6.45, 7) is 7.22. The third kappa shape index (κ3) is 2.10. The lowest BCUT2D eigenvalue weighted by Gasteiger charge is -2.12. The molecule has 14 heavy (non-hydrogen) atoms. The molecule has 1 aliphatic rings. The fourth-order valence-electron chi connectivity index (χ4n) is 1.19. The molecule has 0 aromatic heterocycles. The molecule has 0 N–H and O–H groups in total. The smallest absolute Gasteiger partial charge is 0.145 e. The van der Waals surface area contributed by atoms with Crippen LogP contribution in [0.3, 0.4) is 0 Å². The number of nitrogens with zero attached hydrogens (tertiary/aromatic N) is 1.